The van der Waals surface area contributed by atoms with Gasteiger partial charge >= 0.3 is 12.0 Å². The van der Waals surface area contributed by atoms with E-state index in [9.17, 15) is 14.7 Å². The van der Waals surface area contributed by atoms with Crippen molar-refractivity contribution in [1.82, 2.24) is 10.2 Å². The molecule has 1 heterocycles. The number of ether oxygens (including phenoxy) is 1. The fraction of sp³-hybridized carbons (Fsp3) is 0.867. The Morgan fingerprint density at radius 3 is 2.38 bits per heavy atom. The maximum absolute atomic E-state index is 12.4. The van der Waals surface area contributed by atoms with Crippen LogP contribution in [0.1, 0.15) is 40.5 Å². The van der Waals surface area contributed by atoms with Crippen molar-refractivity contribution in [3.05, 3.63) is 0 Å². The van der Waals surface area contributed by atoms with Crippen molar-refractivity contribution in [2.45, 2.75) is 52.6 Å². The van der Waals surface area contributed by atoms with Crippen LogP contribution in [0.25, 0.3) is 0 Å². The van der Waals surface area contributed by atoms with Crippen molar-refractivity contribution in [2.75, 3.05) is 19.8 Å². The van der Waals surface area contributed by atoms with Gasteiger partial charge in [-0.25, -0.2) is 4.79 Å². The first-order chi connectivity index (χ1) is 9.96. The quantitative estimate of drug-likeness (QED) is 0.753. The number of hydrogen-bond donors (Lipinski definition) is 2. The number of urea groups is 1. The normalized spacial score (nSPS) is 23.1. The largest absolute Gasteiger partial charge is 0.481 e. The van der Waals surface area contributed by atoms with Gasteiger partial charge in [0.2, 0.25) is 0 Å². The Labute approximate surface area is 126 Å². The molecule has 1 aliphatic rings. The third-order valence-corrected chi connectivity index (χ3v) is 4.48. The molecular weight excluding hydrogens is 272 g/mol. The van der Waals surface area contributed by atoms with Crippen molar-refractivity contribution in [2.24, 2.45) is 11.8 Å². The lowest BCUT2D eigenvalue weighted by molar-refractivity contribution is -0.142. The van der Waals surface area contributed by atoms with Gasteiger partial charge in [0.15, 0.2) is 0 Å². The molecule has 122 valence electrons. The molecule has 0 aromatic heterocycles. The lowest BCUT2D eigenvalue weighted by atomic mass is 9.95. The molecule has 0 aliphatic carbocycles. The number of likely N-dealkylation sites (N-methyl/N-ethyl adjacent to an activating group) is 1. The number of carboxylic acids is 1. The van der Waals surface area contributed by atoms with E-state index in [4.69, 9.17) is 4.74 Å². The summed E-state index contributed by atoms with van der Waals surface area (Å²) < 4.78 is 5.26. The minimum atomic E-state index is -0.906. The van der Waals surface area contributed by atoms with Crippen LogP contribution < -0.4 is 5.32 Å². The van der Waals surface area contributed by atoms with Gasteiger partial charge in [-0.05, 0) is 19.8 Å². The Hall–Kier alpha value is -1.30. The molecule has 0 aromatic carbocycles. The van der Waals surface area contributed by atoms with E-state index in [1.165, 1.54) is 0 Å². The Balaban J connectivity index is 2.71. The number of nitrogens with zero attached hydrogens (tertiary/aromatic N) is 1. The Bertz CT molecular complexity index is 358. The standard InChI is InChI=1S/C15H28N2O4/c1-5-11(6-2)10(4)16-15(20)17(7-3)13-9-21-8-12(13)14(18)19/h10-13H,5-9H2,1-4H3,(H,16,20)(H,18,19). The summed E-state index contributed by atoms with van der Waals surface area (Å²) in [6, 6.07) is -0.507. The van der Waals surface area contributed by atoms with Crippen molar-refractivity contribution in [3.63, 3.8) is 0 Å². The van der Waals surface area contributed by atoms with Crippen molar-refractivity contribution in [3.8, 4) is 0 Å². The molecule has 0 aromatic rings. The van der Waals surface area contributed by atoms with Crippen LogP contribution in [-0.4, -0.2) is 53.8 Å². The first kappa shape index (κ1) is 17.8. The Morgan fingerprint density at radius 2 is 1.90 bits per heavy atom. The van der Waals surface area contributed by atoms with Gasteiger partial charge < -0.3 is 20.1 Å². The molecule has 0 spiro atoms. The van der Waals surface area contributed by atoms with E-state index < -0.39 is 11.9 Å². The zero-order valence-electron chi connectivity index (χ0n) is 13.5. The second-order valence-electron chi connectivity index (χ2n) is 5.65. The molecule has 21 heavy (non-hydrogen) atoms. The molecule has 2 N–H and O–H groups in total. The average Bonchev–Trinajstić information content (AvgIpc) is 2.90. The summed E-state index contributed by atoms with van der Waals surface area (Å²) >= 11 is 0. The van der Waals surface area contributed by atoms with Crippen LogP contribution >= 0.6 is 0 Å². The van der Waals surface area contributed by atoms with Crippen LogP contribution in [0.2, 0.25) is 0 Å². The fourth-order valence-electron chi connectivity index (χ4n) is 3.01. The molecule has 0 bridgehead atoms. The van der Waals surface area contributed by atoms with Gasteiger partial charge in [0, 0.05) is 12.6 Å². The number of rotatable bonds is 7. The molecule has 1 aliphatic heterocycles. The molecule has 1 saturated heterocycles. The molecule has 6 heteroatoms. The zero-order chi connectivity index (χ0) is 16.0. The summed E-state index contributed by atoms with van der Waals surface area (Å²) in [6.45, 7) is 9.02. The Kier molecular flexibility index (Phi) is 6.95. The highest BCUT2D eigenvalue weighted by Crippen LogP contribution is 2.21. The highest BCUT2D eigenvalue weighted by molar-refractivity contribution is 5.77. The maximum atomic E-state index is 12.4. The zero-order valence-corrected chi connectivity index (χ0v) is 13.5. The van der Waals surface area contributed by atoms with Crippen LogP contribution in [-0.2, 0) is 9.53 Å². The van der Waals surface area contributed by atoms with E-state index in [-0.39, 0.29) is 31.3 Å². The van der Waals surface area contributed by atoms with E-state index in [0.717, 1.165) is 12.8 Å². The van der Waals surface area contributed by atoms with Gasteiger partial charge in [0.1, 0.15) is 5.92 Å². The molecule has 1 fully saturated rings. The van der Waals surface area contributed by atoms with Gasteiger partial charge in [0.05, 0.1) is 19.3 Å². The average molecular weight is 300 g/mol. The highest BCUT2D eigenvalue weighted by atomic mass is 16.5. The van der Waals surface area contributed by atoms with Crippen LogP contribution in [0.3, 0.4) is 0 Å². The van der Waals surface area contributed by atoms with Crippen LogP contribution in [0.4, 0.5) is 4.79 Å². The van der Waals surface area contributed by atoms with E-state index in [0.29, 0.717) is 12.5 Å². The summed E-state index contributed by atoms with van der Waals surface area (Å²) in [6.07, 6.45) is 2.02. The van der Waals surface area contributed by atoms with Crippen LogP contribution in [0, 0.1) is 11.8 Å². The SMILES string of the molecule is CCC(CC)C(C)NC(=O)N(CC)C1COCC1C(=O)O. The van der Waals surface area contributed by atoms with Gasteiger partial charge in [0.25, 0.3) is 0 Å². The second-order valence-corrected chi connectivity index (χ2v) is 5.65. The summed E-state index contributed by atoms with van der Waals surface area (Å²) in [5.74, 6) is -1.11. The minimum Gasteiger partial charge on any atom is -0.481 e. The first-order valence-electron chi connectivity index (χ1n) is 7.83. The third-order valence-electron chi connectivity index (χ3n) is 4.48. The van der Waals surface area contributed by atoms with Crippen molar-refractivity contribution in [1.29, 1.82) is 0 Å². The molecule has 0 radical (unpaired) electrons. The predicted octanol–water partition coefficient (Wildman–Crippen LogP) is 1.94. The molecular formula is C15H28N2O4. The van der Waals surface area contributed by atoms with E-state index in [1.54, 1.807) is 4.90 Å². The predicted molar refractivity (Wildman–Crippen MR) is 80.2 cm³/mol. The summed E-state index contributed by atoms with van der Waals surface area (Å²) in [4.78, 5) is 25.3. The Morgan fingerprint density at radius 1 is 1.29 bits per heavy atom. The number of amides is 2. The number of nitrogens with one attached hydrogen (secondary N) is 1. The van der Waals surface area contributed by atoms with E-state index in [1.807, 2.05) is 13.8 Å². The molecule has 6 nitrogen and oxygen atoms in total. The van der Waals surface area contributed by atoms with Crippen molar-refractivity contribution >= 4 is 12.0 Å². The molecule has 1 rings (SSSR count). The lowest BCUT2D eigenvalue weighted by Crippen LogP contribution is -2.53. The number of carbonyl (C=O) groups is 2. The highest BCUT2D eigenvalue weighted by Gasteiger charge is 2.39. The molecule has 3 unspecified atom stereocenters. The monoisotopic (exact) mass is 300 g/mol. The third kappa shape index (κ3) is 4.33. The smallest absolute Gasteiger partial charge is 0.317 e. The fourth-order valence-corrected chi connectivity index (χ4v) is 3.01. The number of carbonyl (C=O) groups excluding carboxylic acids is 1. The summed E-state index contributed by atoms with van der Waals surface area (Å²) in [5.41, 5.74) is 0. The number of carboxylic acid groups (broad SMARTS) is 1. The summed E-state index contributed by atoms with van der Waals surface area (Å²) in [7, 11) is 0. The van der Waals surface area contributed by atoms with Crippen LogP contribution in [0.5, 0.6) is 0 Å². The van der Waals surface area contributed by atoms with Gasteiger partial charge in [-0.3, -0.25) is 4.79 Å². The topological polar surface area (TPSA) is 78.9 Å². The molecule has 3 atom stereocenters. The van der Waals surface area contributed by atoms with Gasteiger partial charge in [-0.2, -0.15) is 0 Å². The summed E-state index contributed by atoms with van der Waals surface area (Å²) in [5, 5.41) is 12.2. The van der Waals surface area contributed by atoms with Gasteiger partial charge in [-0.1, -0.05) is 26.7 Å². The van der Waals surface area contributed by atoms with Crippen LogP contribution in [0.15, 0.2) is 0 Å². The minimum absolute atomic E-state index is 0.0761. The maximum Gasteiger partial charge on any atom is 0.317 e. The second kappa shape index (κ2) is 8.22. The molecule has 2 amide bonds. The van der Waals surface area contributed by atoms with Gasteiger partial charge in [-0.15, -0.1) is 0 Å². The van der Waals surface area contributed by atoms with Crippen molar-refractivity contribution < 1.29 is 19.4 Å². The first-order valence-corrected chi connectivity index (χ1v) is 7.83. The number of aliphatic carboxylic acids is 1. The van der Waals surface area contributed by atoms with E-state index in [2.05, 4.69) is 19.2 Å². The molecule has 0 saturated carbocycles. The number of hydrogen-bond acceptors (Lipinski definition) is 3. The lowest BCUT2D eigenvalue weighted by Gasteiger charge is -2.32. The van der Waals surface area contributed by atoms with E-state index >= 15 is 0 Å².